The number of aliphatic hydroxyl groups excluding tert-OH is 1. The topological polar surface area (TPSA) is 84.2 Å². The second-order valence-electron chi connectivity index (χ2n) is 3.28. The molecule has 0 aliphatic rings. The number of aromatic amines is 1. The number of benzene rings is 1. The highest BCUT2D eigenvalue weighted by molar-refractivity contribution is 5.75. The fourth-order valence-electron chi connectivity index (χ4n) is 1.26. The maximum absolute atomic E-state index is 9.22. The van der Waals surface area contributed by atoms with Gasteiger partial charge in [-0.3, -0.25) is 0 Å². The molecule has 0 amide bonds. The minimum Gasteiger partial charge on any atom is -0.491 e. The van der Waals surface area contributed by atoms with Crippen LogP contribution in [0.25, 0.3) is 11.0 Å². The zero-order valence-electron chi connectivity index (χ0n) is 8.18. The van der Waals surface area contributed by atoms with E-state index in [-0.39, 0.29) is 13.2 Å². The minimum atomic E-state index is -0.623. The fourth-order valence-corrected chi connectivity index (χ4v) is 1.26. The third kappa shape index (κ3) is 2.26. The van der Waals surface area contributed by atoms with E-state index in [0.29, 0.717) is 5.75 Å². The summed E-state index contributed by atoms with van der Waals surface area (Å²) < 4.78 is 5.36. The molecular weight excluding hydrogens is 194 g/mol. The first-order valence-electron chi connectivity index (χ1n) is 4.73. The standard InChI is InChI=1S/C10H13N3O2/c11-4-7(14)5-15-8-1-2-9-10(3-8)13-6-12-9/h1-3,6-7,14H,4-5,11H2,(H,12,13)/t7-/m0/s1. The summed E-state index contributed by atoms with van der Waals surface area (Å²) in [6.45, 7) is 0.405. The van der Waals surface area contributed by atoms with Crippen LogP contribution in [0.5, 0.6) is 5.75 Å². The van der Waals surface area contributed by atoms with Crippen molar-refractivity contribution in [2.75, 3.05) is 13.2 Å². The van der Waals surface area contributed by atoms with Gasteiger partial charge in [-0.15, -0.1) is 0 Å². The molecule has 1 aromatic heterocycles. The predicted octanol–water partition coefficient (Wildman–Crippen LogP) is 0.261. The van der Waals surface area contributed by atoms with Crippen molar-refractivity contribution >= 4 is 11.0 Å². The van der Waals surface area contributed by atoms with Gasteiger partial charge in [0.25, 0.3) is 0 Å². The summed E-state index contributed by atoms with van der Waals surface area (Å²) in [5, 5.41) is 9.22. The molecule has 2 aromatic rings. The molecule has 5 nitrogen and oxygen atoms in total. The first-order valence-corrected chi connectivity index (χ1v) is 4.73. The minimum absolute atomic E-state index is 0.201. The molecule has 1 atom stereocenters. The van der Waals surface area contributed by atoms with Crippen LogP contribution in [-0.2, 0) is 0 Å². The van der Waals surface area contributed by atoms with Crippen LogP contribution in [0.3, 0.4) is 0 Å². The molecule has 0 aliphatic carbocycles. The molecule has 1 aromatic carbocycles. The summed E-state index contributed by atoms with van der Waals surface area (Å²) in [4.78, 5) is 7.07. The number of ether oxygens (including phenoxy) is 1. The molecule has 0 spiro atoms. The number of rotatable bonds is 4. The molecule has 0 saturated heterocycles. The summed E-state index contributed by atoms with van der Waals surface area (Å²) in [6, 6.07) is 5.51. The lowest BCUT2D eigenvalue weighted by Gasteiger charge is -2.09. The number of hydrogen-bond donors (Lipinski definition) is 3. The van der Waals surface area contributed by atoms with Gasteiger partial charge in [-0.25, -0.2) is 4.98 Å². The number of nitrogens with one attached hydrogen (secondary N) is 1. The number of nitrogens with two attached hydrogens (primary N) is 1. The molecule has 0 fully saturated rings. The normalized spacial score (nSPS) is 12.9. The van der Waals surface area contributed by atoms with Gasteiger partial charge in [-0.2, -0.15) is 0 Å². The Labute approximate surface area is 86.9 Å². The smallest absolute Gasteiger partial charge is 0.121 e. The van der Waals surface area contributed by atoms with Crippen LogP contribution >= 0.6 is 0 Å². The van der Waals surface area contributed by atoms with Crippen LogP contribution in [0.15, 0.2) is 24.5 Å². The summed E-state index contributed by atoms with van der Waals surface area (Å²) in [5.74, 6) is 0.694. The average molecular weight is 207 g/mol. The molecule has 4 N–H and O–H groups in total. The van der Waals surface area contributed by atoms with E-state index in [2.05, 4.69) is 9.97 Å². The van der Waals surface area contributed by atoms with Gasteiger partial charge in [0.1, 0.15) is 18.5 Å². The van der Waals surface area contributed by atoms with Crippen LogP contribution in [-0.4, -0.2) is 34.3 Å². The molecule has 0 radical (unpaired) electrons. The number of nitrogens with zero attached hydrogens (tertiary/aromatic N) is 1. The van der Waals surface area contributed by atoms with Gasteiger partial charge in [0.05, 0.1) is 17.4 Å². The number of aromatic nitrogens is 2. The molecular formula is C10H13N3O2. The summed E-state index contributed by atoms with van der Waals surface area (Å²) in [6.07, 6.45) is 1.01. The number of imidazole rings is 1. The van der Waals surface area contributed by atoms with Gasteiger partial charge in [0.15, 0.2) is 0 Å². The number of fused-ring (bicyclic) bond motifs is 1. The van der Waals surface area contributed by atoms with Crippen molar-refractivity contribution in [1.82, 2.24) is 9.97 Å². The Hall–Kier alpha value is -1.59. The average Bonchev–Trinajstić information content (AvgIpc) is 2.72. The second kappa shape index (κ2) is 4.29. The molecule has 15 heavy (non-hydrogen) atoms. The SMILES string of the molecule is NC[C@H](O)COc1ccc2nc[nH]c2c1. The molecule has 1 heterocycles. The van der Waals surface area contributed by atoms with E-state index in [1.165, 1.54) is 0 Å². The van der Waals surface area contributed by atoms with Crippen LogP contribution in [0.4, 0.5) is 0 Å². The Balaban J connectivity index is 2.08. The predicted molar refractivity (Wildman–Crippen MR) is 56.6 cm³/mol. The highest BCUT2D eigenvalue weighted by Gasteiger charge is 2.03. The number of hydrogen-bond acceptors (Lipinski definition) is 4. The van der Waals surface area contributed by atoms with Crippen LogP contribution in [0, 0.1) is 0 Å². The van der Waals surface area contributed by atoms with Gasteiger partial charge in [0.2, 0.25) is 0 Å². The van der Waals surface area contributed by atoms with E-state index >= 15 is 0 Å². The summed E-state index contributed by atoms with van der Waals surface area (Å²) >= 11 is 0. The van der Waals surface area contributed by atoms with Gasteiger partial charge < -0.3 is 20.6 Å². The molecule has 80 valence electrons. The largest absolute Gasteiger partial charge is 0.491 e. The lowest BCUT2D eigenvalue weighted by molar-refractivity contribution is 0.114. The first kappa shape index (κ1) is 9.95. The Morgan fingerprint density at radius 3 is 3.20 bits per heavy atom. The van der Waals surface area contributed by atoms with Crippen molar-refractivity contribution in [3.8, 4) is 5.75 Å². The summed E-state index contributed by atoms with van der Waals surface area (Å²) in [5.41, 5.74) is 7.07. The first-order chi connectivity index (χ1) is 7.29. The lowest BCUT2D eigenvalue weighted by atomic mass is 10.3. The lowest BCUT2D eigenvalue weighted by Crippen LogP contribution is -2.26. The van der Waals surface area contributed by atoms with Crippen molar-refractivity contribution < 1.29 is 9.84 Å². The van der Waals surface area contributed by atoms with E-state index in [4.69, 9.17) is 10.5 Å². The van der Waals surface area contributed by atoms with Crippen molar-refractivity contribution in [3.05, 3.63) is 24.5 Å². The van der Waals surface area contributed by atoms with Crippen molar-refractivity contribution in [2.24, 2.45) is 5.73 Å². The highest BCUT2D eigenvalue weighted by Crippen LogP contribution is 2.17. The Bertz CT molecular complexity index is 441. The third-order valence-electron chi connectivity index (χ3n) is 2.11. The monoisotopic (exact) mass is 207 g/mol. The van der Waals surface area contributed by atoms with Gasteiger partial charge in [-0.1, -0.05) is 0 Å². The zero-order valence-corrected chi connectivity index (χ0v) is 8.18. The zero-order chi connectivity index (χ0) is 10.7. The molecule has 0 aliphatic heterocycles. The summed E-state index contributed by atoms with van der Waals surface area (Å²) in [7, 11) is 0. The Kier molecular flexibility index (Phi) is 2.84. The maximum atomic E-state index is 9.22. The van der Waals surface area contributed by atoms with Gasteiger partial charge in [-0.05, 0) is 12.1 Å². The third-order valence-corrected chi connectivity index (χ3v) is 2.11. The van der Waals surface area contributed by atoms with Crippen LogP contribution in [0.2, 0.25) is 0 Å². The van der Waals surface area contributed by atoms with Crippen LogP contribution in [0.1, 0.15) is 0 Å². The molecule has 0 bridgehead atoms. The molecule has 5 heteroatoms. The fraction of sp³-hybridized carbons (Fsp3) is 0.300. The number of aliphatic hydroxyl groups is 1. The van der Waals surface area contributed by atoms with E-state index < -0.39 is 6.10 Å². The second-order valence-corrected chi connectivity index (χ2v) is 3.28. The van der Waals surface area contributed by atoms with Gasteiger partial charge in [0, 0.05) is 12.6 Å². The molecule has 0 unspecified atom stereocenters. The van der Waals surface area contributed by atoms with Crippen LogP contribution < -0.4 is 10.5 Å². The molecule has 0 saturated carbocycles. The Morgan fingerprint density at radius 2 is 2.40 bits per heavy atom. The van der Waals surface area contributed by atoms with Crippen molar-refractivity contribution in [1.29, 1.82) is 0 Å². The van der Waals surface area contributed by atoms with E-state index in [1.807, 2.05) is 18.2 Å². The van der Waals surface area contributed by atoms with E-state index in [9.17, 15) is 5.11 Å². The molecule has 2 rings (SSSR count). The number of H-pyrrole nitrogens is 1. The van der Waals surface area contributed by atoms with Crippen molar-refractivity contribution in [3.63, 3.8) is 0 Å². The Morgan fingerprint density at radius 1 is 1.53 bits per heavy atom. The van der Waals surface area contributed by atoms with E-state index in [1.54, 1.807) is 6.33 Å². The van der Waals surface area contributed by atoms with E-state index in [0.717, 1.165) is 11.0 Å². The maximum Gasteiger partial charge on any atom is 0.121 e. The van der Waals surface area contributed by atoms with Gasteiger partial charge >= 0.3 is 0 Å². The quantitative estimate of drug-likeness (QED) is 0.671. The van der Waals surface area contributed by atoms with Crippen molar-refractivity contribution in [2.45, 2.75) is 6.10 Å². The highest BCUT2D eigenvalue weighted by atomic mass is 16.5.